The Morgan fingerprint density at radius 2 is 1.83 bits per heavy atom. The highest BCUT2D eigenvalue weighted by atomic mass is 16.6. The fraction of sp³-hybridized carbons (Fsp3) is 0.435. The van der Waals surface area contributed by atoms with Crippen LogP contribution in [0.5, 0.6) is 0 Å². The van der Waals surface area contributed by atoms with Crippen molar-refractivity contribution in [3.8, 4) is 0 Å². The number of carbonyl (C=O) groups is 1. The maximum Gasteiger partial charge on any atom is 0.306 e. The number of esters is 1. The zero-order chi connectivity index (χ0) is 20.7. The Hall–Kier alpha value is -2.73. The molecule has 0 aliphatic carbocycles. The first-order valence-electron chi connectivity index (χ1n) is 10.0. The van der Waals surface area contributed by atoms with Crippen LogP contribution < -0.4 is 4.90 Å². The first-order valence-corrected chi connectivity index (χ1v) is 10.0. The molecular formula is C23H29N3O3. The normalized spacial score (nSPS) is 14.9. The van der Waals surface area contributed by atoms with Crippen molar-refractivity contribution < 1.29 is 14.3 Å². The number of nitrogens with zero attached hydrogens (tertiary/aromatic N) is 3. The monoisotopic (exact) mass is 395 g/mol. The maximum absolute atomic E-state index is 11.9. The van der Waals surface area contributed by atoms with E-state index in [-0.39, 0.29) is 5.97 Å². The Morgan fingerprint density at radius 1 is 1.14 bits per heavy atom. The quantitative estimate of drug-likeness (QED) is 0.694. The van der Waals surface area contributed by atoms with Crippen LogP contribution in [0.3, 0.4) is 0 Å². The summed E-state index contributed by atoms with van der Waals surface area (Å²) in [7, 11) is 0. The van der Waals surface area contributed by atoms with E-state index in [0.717, 1.165) is 48.9 Å². The van der Waals surface area contributed by atoms with E-state index in [1.54, 1.807) is 0 Å². The molecule has 1 aliphatic rings. The molecule has 1 aromatic heterocycles. The van der Waals surface area contributed by atoms with Gasteiger partial charge in [0.25, 0.3) is 0 Å². The summed E-state index contributed by atoms with van der Waals surface area (Å²) in [6, 6.07) is 8.16. The van der Waals surface area contributed by atoms with Crippen LogP contribution in [-0.4, -0.2) is 47.8 Å². The van der Waals surface area contributed by atoms with Gasteiger partial charge in [-0.1, -0.05) is 36.4 Å². The molecule has 0 bridgehead atoms. The summed E-state index contributed by atoms with van der Waals surface area (Å²) >= 11 is 0. The lowest BCUT2D eigenvalue weighted by Gasteiger charge is -2.26. The average Bonchev–Trinajstić information content (AvgIpc) is 2.71. The standard InChI is InChI=1S/C23H29N3O3/c1-23(2,3)29-21(27)10-9-19-6-4-5-18(15-19)7-8-20-16-24-22(25-17-20)26-11-13-28-14-12-26/h4-8,15-17H,9-14H2,1-3H3. The lowest BCUT2D eigenvalue weighted by Crippen LogP contribution is -2.37. The largest absolute Gasteiger partial charge is 0.460 e. The van der Waals surface area contributed by atoms with Gasteiger partial charge in [0, 0.05) is 37.5 Å². The summed E-state index contributed by atoms with van der Waals surface area (Å²) in [6.07, 6.45) is 8.73. The molecule has 2 heterocycles. The summed E-state index contributed by atoms with van der Waals surface area (Å²) < 4.78 is 10.7. The van der Waals surface area contributed by atoms with Gasteiger partial charge in [-0.2, -0.15) is 0 Å². The molecule has 0 saturated carbocycles. The van der Waals surface area contributed by atoms with Crippen molar-refractivity contribution in [1.29, 1.82) is 0 Å². The molecule has 0 atom stereocenters. The lowest BCUT2D eigenvalue weighted by atomic mass is 10.1. The van der Waals surface area contributed by atoms with Crippen LogP contribution in [0.15, 0.2) is 36.7 Å². The molecule has 2 aromatic rings. The first-order chi connectivity index (χ1) is 13.9. The van der Waals surface area contributed by atoms with E-state index in [1.807, 2.05) is 63.5 Å². The smallest absolute Gasteiger partial charge is 0.306 e. The van der Waals surface area contributed by atoms with Gasteiger partial charge in [0.1, 0.15) is 5.60 Å². The van der Waals surface area contributed by atoms with Crippen LogP contribution in [0, 0.1) is 0 Å². The second kappa shape index (κ2) is 9.65. The molecule has 154 valence electrons. The lowest BCUT2D eigenvalue weighted by molar-refractivity contribution is -0.154. The molecule has 1 aliphatic heterocycles. The molecule has 0 N–H and O–H groups in total. The van der Waals surface area contributed by atoms with Gasteiger partial charge in [-0.25, -0.2) is 9.97 Å². The molecule has 0 unspecified atom stereocenters. The minimum absolute atomic E-state index is 0.170. The molecule has 1 aromatic carbocycles. The number of morpholine rings is 1. The molecule has 0 amide bonds. The second-order valence-corrected chi connectivity index (χ2v) is 8.08. The first kappa shape index (κ1) is 21.0. The molecular weight excluding hydrogens is 366 g/mol. The Balaban J connectivity index is 1.56. The van der Waals surface area contributed by atoms with Crippen LogP contribution in [0.4, 0.5) is 5.95 Å². The van der Waals surface area contributed by atoms with E-state index in [2.05, 4.69) is 20.9 Å². The Morgan fingerprint density at radius 3 is 2.52 bits per heavy atom. The number of carbonyl (C=O) groups excluding carboxylic acids is 1. The van der Waals surface area contributed by atoms with Gasteiger partial charge in [-0.15, -0.1) is 0 Å². The zero-order valence-corrected chi connectivity index (χ0v) is 17.4. The molecule has 0 spiro atoms. The second-order valence-electron chi connectivity index (χ2n) is 8.08. The van der Waals surface area contributed by atoms with Gasteiger partial charge >= 0.3 is 5.97 Å². The Kier molecular flexibility index (Phi) is 6.99. The Bertz CT molecular complexity index is 835. The number of benzene rings is 1. The number of anilines is 1. The van der Waals surface area contributed by atoms with E-state index < -0.39 is 5.60 Å². The maximum atomic E-state index is 11.9. The molecule has 0 radical (unpaired) electrons. The third-order valence-corrected chi connectivity index (χ3v) is 4.41. The molecule has 6 heteroatoms. The number of ether oxygens (including phenoxy) is 2. The highest BCUT2D eigenvalue weighted by Crippen LogP contribution is 2.15. The molecule has 29 heavy (non-hydrogen) atoms. The number of hydrogen-bond donors (Lipinski definition) is 0. The fourth-order valence-corrected chi connectivity index (χ4v) is 3.03. The van der Waals surface area contributed by atoms with Gasteiger partial charge < -0.3 is 14.4 Å². The number of rotatable bonds is 6. The molecule has 1 saturated heterocycles. The summed E-state index contributed by atoms with van der Waals surface area (Å²) in [4.78, 5) is 23.0. The average molecular weight is 396 g/mol. The predicted molar refractivity (Wildman–Crippen MR) is 115 cm³/mol. The van der Waals surface area contributed by atoms with E-state index in [4.69, 9.17) is 9.47 Å². The highest BCUT2D eigenvalue weighted by Gasteiger charge is 2.16. The Labute approximate surface area is 172 Å². The number of aromatic nitrogens is 2. The molecule has 3 rings (SSSR count). The van der Waals surface area contributed by atoms with Crippen molar-refractivity contribution in [3.05, 3.63) is 53.3 Å². The minimum atomic E-state index is -0.443. The zero-order valence-electron chi connectivity index (χ0n) is 17.4. The van der Waals surface area contributed by atoms with Gasteiger partial charge in [-0.05, 0) is 38.3 Å². The van der Waals surface area contributed by atoms with Gasteiger partial charge in [0.2, 0.25) is 5.95 Å². The van der Waals surface area contributed by atoms with Crippen LogP contribution in [-0.2, 0) is 20.7 Å². The van der Waals surface area contributed by atoms with Crippen molar-refractivity contribution in [2.75, 3.05) is 31.2 Å². The van der Waals surface area contributed by atoms with E-state index in [1.165, 1.54) is 0 Å². The van der Waals surface area contributed by atoms with Crippen molar-refractivity contribution >= 4 is 24.1 Å². The number of aryl methyl sites for hydroxylation is 1. The summed E-state index contributed by atoms with van der Waals surface area (Å²) in [5, 5.41) is 0. The SMILES string of the molecule is CC(C)(C)OC(=O)CCc1cccc(C=Cc2cnc(N3CCOCC3)nc2)c1. The van der Waals surface area contributed by atoms with E-state index in [0.29, 0.717) is 12.8 Å². The van der Waals surface area contributed by atoms with Crippen molar-refractivity contribution in [3.63, 3.8) is 0 Å². The van der Waals surface area contributed by atoms with E-state index >= 15 is 0 Å². The van der Waals surface area contributed by atoms with Crippen LogP contribution in [0.25, 0.3) is 12.2 Å². The van der Waals surface area contributed by atoms with Crippen LogP contribution in [0.2, 0.25) is 0 Å². The van der Waals surface area contributed by atoms with Crippen LogP contribution >= 0.6 is 0 Å². The molecule has 1 fully saturated rings. The summed E-state index contributed by atoms with van der Waals surface area (Å²) in [6.45, 7) is 8.73. The van der Waals surface area contributed by atoms with Crippen molar-refractivity contribution in [2.45, 2.75) is 39.2 Å². The van der Waals surface area contributed by atoms with Gasteiger partial charge in [-0.3, -0.25) is 4.79 Å². The topological polar surface area (TPSA) is 64.5 Å². The minimum Gasteiger partial charge on any atom is -0.460 e. The van der Waals surface area contributed by atoms with Gasteiger partial charge in [0.05, 0.1) is 13.2 Å². The highest BCUT2D eigenvalue weighted by molar-refractivity contribution is 5.71. The third-order valence-electron chi connectivity index (χ3n) is 4.41. The fourth-order valence-electron chi connectivity index (χ4n) is 3.03. The third kappa shape index (κ3) is 6.98. The van der Waals surface area contributed by atoms with Crippen molar-refractivity contribution in [2.24, 2.45) is 0 Å². The molecule has 6 nitrogen and oxygen atoms in total. The van der Waals surface area contributed by atoms with Crippen molar-refractivity contribution in [1.82, 2.24) is 9.97 Å². The summed E-state index contributed by atoms with van der Waals surface area (Å²) in [5.41, 5.74) is 2.68. The summed E-state index contributed by atoms with van der Waals surface area (Å²) in [5.74, 6) is 0.575. The predicted octanol–water partition coefficient (Wildman–Crippen LogP) is 3.76. The number of hydrogen-bond acceptors (Lipinski definition) is 6. The van der Waals surface area contributed by atoms with E-state index in [9.17, 15) is 4.79 Å². The van der Waals surface area contributed by atoms with Gasteiger partial charge in [0.15, 0.2) is 0 Å². The van der Waals surface area contributed by atoms with Crippen LogP contribution in [0.1, 0.15) is 43.9 Å².